The summed E-state index contributed by atoms with van der Waals surface area (Å²) in [6.45, 7) is 5.35. The number of rotatable bonds is 7. The molecule has 0 bridgehead atoms. The summed E-state index contributed by atoms with van der Waals surface area (Å²) in [5, 5.41) is 20.4. The van der Waals surface area contributed by atoms with Gasteiger partial charge in [0.2, 0.25) is 0 Å². The van der Waals surface area contributed by atoms with Gasteiger partial charge in [0.05, 0.1) is 0 Å². The minimum Gasteiger partial charge on any atom is -0.356 e. The van der Waals surface area contributed by atoms with Crippen molar-refractivity contribution >= 4 is 17.3 Å². The fourth-order valence-corrected chi connectivity index (χ4v) is 5.11. The molecule has 2 N–H and O–H groups in total. The number of thiophene rings is 1. The van der Waals surface area contributed by atoms with Crippen molar-refractivity contribution in [1.82, 2.24) is 30.3 Å². The van der Waals surface area contributed by atoms with Crippen LogP contribution in [0.3, 0.4) is 0 Å². The maximum absolute atomic E-state index is 4.44. The van der Waals surface area contributed by atoms with Crippen LogP contribution in [0.1, 0.15) is 55.7 Å². The number of aryl methyl sites for hydroxylation is 2. The maximum Gasteiger partial charge on any atom is 0.191 e. The number of hydrogen-bond donors (Lipinski definition) is 2. The fraction of sp³-hybridized carbons (Fsp3) is 0.682. The van der Waals surface area contributed by atoms with Gasteiger partial charge in [-0.05, 0) is 54.5 Å². The van der Waals surface area contributed by atoms with E-state index in [0.717, 1.165) is 76.6 Å². The Balaban J connectivity index is 1.15. The molecule has 0 saturated carbocycles. The van der Waals surface area contributed by atoms with Crippen LogP contribution in [0.15, 0.2) is 21.8 Å². The number of guanidine groups is 1. The molecule has 4 rings (SSSR count). The second kappa shape index (κ2) is 10.9. The van der Waals surface area contributed by atoms with E-state index >= 15 is 0 Å². The van der Waals surface area contributed by atoms with Crippen molar-refractivity contribution in [2.45, 2.75) is 70.5 Å². The molecule has 4 heterocycles. The Morgan fingerprint density at radius 1 is 1.20 bits per heavy atom. The van der Waals surface area contributed by atoms with Gasteiger partial charge in [-0.1, -0.05) is 6.42 Å². The molecule has 2 aromatic heterocycles. The summed E-state index contributed by atoms with van der Waals surface area (Å²) in [6.07, 6.45) is 9.21. The van der Waals surface area contributed by atoms with Gasteiger partial charge in [0.25, 0.3) is 0 Å². The molecule has 0 aromatic carbocycles. The zero-order chi connectivity index (χ0) is 20.6. The summed E-state index contributed by atoms with van der Waals surface area (Å²) in [5.74, 6) is 3.25. The molecule has 0 amide bonds. The smallest absolute Gasteiger partial charge is 0.191 e. The van der Waals surface area contributed by atoms with E-state index in [9.17, 15) is 0 Å². The predicted molar refractivity (Wildman–Crippen MR) is 123 cm³/mol. The summed E-state index contributed by atoms with van der Waals surface area (Å²) in [4.78, 5) is 6.98. The summed E-state index contributed by atoms with van der Waals surface area (Å²) < 4.78 is 2.35. The third-order valence-corrected chi connectivity index (χ3v) is 6.93. The summed E-state index contributed by atoms with van der Waals surface area (Å²) >= 11 is 1.78. The molecule has 0 atom stereocenters. The van der Waals surface area contributed by atoms with E-state index in [1.807, 2.05) is 7.05 Å². The molecule has 0 radical (unpaired) electrons. The predicted octanol–water partition coefficient (Wildman–Crippen LogP) is 2.83. The highest BCUT2D eigenvalue weighted by Gasteiger charge is 2.20. The molecular weight excluding hydrogens is 394 g/mol. The molecule has 2 aliphatic rings. The Morgan fingerprint density at radius 3 is 2.90 bits per heavy atom. The van der Waals surface area contributed by atoms with Crippen LogP contribution in [0.5, 0.6) is 0 Å². The number of nitrogens with one attached hydrogen (secondary N) is 2. The number of aromatic nitrogens is 3. The molecule has 0 unspecified atom stereocenters. The Morgan fingerprint density at radius 2 is 2.10 bits per heavy atom. The van der Waals surface area contributed by atoms with E-state index in [4.69, 9.17) is 0 Å². The van der Waals surface area contributed by atoms with Crippen LogP contribution in [0.2, 0.25) is 0 Å². The number of fused-ring (bicyclic) bond motifs is 1. The largest absolute Gasteiger partial charge is 0.356 e. The lowest BCUT2D eigenvalue weighted by Crippen LogP contribution is -2.48. The Bertz CT molecular complexity index is 791. The quantitative estimate of drug-likeness (QED) is 0.402. The normalized spacial score (nSPS) is 18.8. The van der Waals surface area contributed by atoms with Crippen molar-refractivity contribution in [1.29, 1.82) is 0 Å². The van der Waals surface area contributed by atoms with Crippen molar-refractivity contribution in [3.05, 3.63) is 34.0 Å². The van der Waals surface area contributed by atoms with Crippen molar-refractivity contribution in [2.75, 3.05) is 26.7 Å². The van der Waals surface area contributed by atoms with Crippen LogP contribution in [0.25, 0.3) is 0 Å². The summed E-state index contributed by atoms with van der Waals surface area (Å²) in [5.41, 5.74) is 1.44. The molecule has 1 fully saturated rings. The molecule has 7 nitrogen and oxygen atoms in total. The zero-order valence-corrected chi connectivity index (χ0v) is 19.0. The van der Waals surface area contributed by atoms with Gasteiger partial charge in [0.1, 0.15) is 11.6 Å². The molecule has 1 saturated heterocycles. The van der Waals surface area contributed by atoms with Gasteiger partial charge in [-0.15, -0.1) is 10.2 Å². The number of aliphatic imine (C=N–C) groups is 1. The first kappa shape index (κ1) is 21.3. The Hall–Kier alpha value is -1.93. The van der Waals surface area contributed by atoms with E-state index in [1.165, 1.54) is 30.7 Å². The standard InChI is InChI=1S/C22H35N7S/c1-23-22(25-19-8-13-28(14-9-19)16-18-10-15-30-17-18)24-11-5-7-21-27-26-20-6-3-2-4-12-29(20)21/h10,15,17,19H,2-9,11-14,16H2,1H3,(H2,23,24,25). The van der Waals surface area contributed by atoms with E-state index in [0.29, 0.717) is 6.04 Å². The fourth-order valence-electron chi connectivity index (χ4n) is 4.45. The number of piperidine rings is 1. The van der Waals surface area contributed by atoms with Crippen molar-refractivity contribution < 1.29 is 0 Å². The second-order valence-electron chi connectivity index (χ2n) is 8.42. The van der Waals surface area contributed by atoms with E-state index in [-0.39, 0.29) is 0 Å². The SMILES string of the molecule is CN=C(NCCCc1nnc2n1CCCCC2)NC1CCN(Cc2ccsc2)CC1. The van der Waals surface area contributed by atoms with Crippen LogP contribution < -0.4 is 10.6 Å². The van der Waals surface area contributed by atoms with Gasteiger partial charge >= 0.3 is 0 Å². The van der Waals surface area contributed by atoms with Crippen LogP contribution in [-0.2, 0) is 25.9 Å². The molecule has 2 aliphatic heterocycles. The summed E-state index contributed by atoms with van der Waals surface area (Å²) in [6, 6.07) is 2.74. The molecule has 164 valence electrons. The van der Waals surface area contributed by atoms with Crippen LogP contribution in [-0.4, -0.2) is 58.3 Å². The van der Waals surface area contributed by atoms with Crippen molar-refractivity contribution in [3.63, 3.8) is 0 Å². The first-order valence-corrected chi connectivity index (χ1v) is 12.4. The van der Waals surface area contributed by atoms with E-state index < -0.39 is 0 Å². The minimum absolute atomic E-state index is 0.502. The van der Waals surface area contributed by atoms with Gasteiger partial charge in [0, 0.05) is 58.7 Å². The zero-order valence-electron chi connectivity index (χ0n) is 18.1. The Labute approximate surface area is 184 Å². The van der Waals surface area contributed by atoms with Gasteiger partial charge in [-0.2, -0.15) is 11.3 Å². The average Bonchev–Trinajstić information content (AvgIpc) is 3.35. The lowest BCUT2D eigenvalue weighted by Gasteiger charge is -2.32. The van der Waals surface area contributed by atoms with Crippen molar-refractivity contribution in [3.8, 4) is 0 Å². The average molecular weight is 430 g/mol. The van der Waals surface area contributed by atoms with Gasteiger partial charge in [-0.3, -0.25) is 9.89 Å². The number of nitrogens with zero attached hydrogens (tertiary/aromatic N) is 5. The molecule has 0 spiro atoms. The minimum atomic E-state index is 0.502. The van der Waals surface area contributed by atoms with Crippen LogP contribution in [0, 0.1) is 0 Å². The van der Waals surface area contributed by atoms with E-state index in [1.54, 1.807) is 11.3 Å². The van der Waals surface area contributed by atoms with Crippen molar-refractivity contribution in [2.24, 2.45) is 4.99 Å². The monoisotopic (exact) mass is 429 g/mol. The van der Waals surface area contributed by atoms with Gasteiger partial charge in [0.15, 0.2) is 5.96 Å². The first-order chi connectivity index (χ1) is 14.8. The van der Waals surface area contributed by atoms with Crippen LogP contribution >= 0.6 is 11.3 Å². The van der Waals surface area contributed by atoms with Gasteiger partial charge in [-0.25, -0.2) is 0 Å². The highest BCUT2D eigenvalue weighted by molar-refractivity contribution is 7.07. The third-order valence-electron chi connectivity index (χ3n) is 6.19. The number of likely N-dealkylation sites (tertiary alicyclic amines) is 1. The first-order valence-electron chi connectivity index (χ1n) is 11.4. The summed E-state index contributed by atoms with van der Waals surface area (Å²) in [7, 11) is 1.86. The molecule has 30 heavy (non-hydrogen) atoms. The number of hydrogen-bond acceptors (Lipinski definition) is 5. The highest BCUT2D eigenvalue weighted by Crippen LogP contribution is 2.16. The molecule has 2 aromatic rings. The van der Waals surface area contributed by atoms with E-state index in [2.05, 4.69) is 52.1 Å². The molecule has 0 aliphatic carbocycles. The molecular formula is C22H35N7S. The molecule has 8 heteroatoms. The lowest BCUT2D eigenvalue weighted by molar-refractivity contribution is 0.198. The highest BCUT2D eigenvalue weighted by atomic mass is 32.1. The Kier molecular flexibility index (Phi) is 7.75. The van der Waals surface area contributed by atoms with Crippen LogP contribution in [0.4, 0.5) is 0 Å². The lowest BCUT2D eigenvalue weighted by atomic mass is 10.0. The topological polar surface area (TPSA) is 70.4 Å². The third kappa shape index (κ3) is 5.82. The maximum atomic E-state index is 4.44. The van der Waals surface area contributed by atoms with Gasteiger partial charge < -0.3 is 15.2 Å². The second-order valence-corrected chi connectivity index (χ2v) is 9.20.